The minimum Gasteiger partial charge on any atom is -0.361 e. The van der Waals surface area contributed by atoms with Gasteiger partial charge in [-0.3, -0.25) is 14.5 Å². The average molecular weight is 542 g/mol. The summed E-state index contributed by atoms with van der Waals surface area (Å²) in [5, 5.41) is 4.71. The molecule has 1 aromatic carbocycles. The van der Waals surface area contributed by atoms with Crippen LogP contribution in [-0.2, 0) is 9.59 Å². The summed E-state index contributed by atoms with van der Waals surface area (Å²) in [6.07, 6.45) is 12.5. The summed E-state index contributed by atoms with van der Waals surface area (Å²) in [6.45, 7) is 7.70. The predicted octanol–water partition coefficient (Wildman–Crippen LogP) is 4.66. The van der Waals surface area contributed by atoms with E-state index in [1.807, 2.05) is 6.07 Å². The van der Waals surface area contributed by atoms with Crippen molar-refractivity contribution in [1.29, 1.82) is 0 Å². The van der Waals surface area contributed by atoms with E-state index in [-0.39, 0.29) is 23.9 Å². The Morgan fingerprint density at radius 2 is 1.89 bits per heavy atom. The fourth-order valence-electron chi connectivity index (χ4n) is 6.04. The maximum absolute atomic E-state index is 14.3. The summed E-state index contributed by atoms with van der Waals surface area (Å²) < 4.78 is 0. The Balaban J connectivity index is 1.43. The van der Waals surface area contributed by atoms with Crippen molar-refractivity contribution in [2.75, 3.05) is 57.8 Å². The molecule has 2 aliphatic heterocycles. The van der Waals surface area contributed by atoms with Gasteiger partial charge in [-0.15, -0.1) is 0 Å². The number of fused-ring (bicyclic) bond motifs is 1. The molecule has 7 nitrogen and oxygen atoms in total. The zero-order valence-electron chi connectivity index (χ0n) is 23.4. The van der Waals surface area contributed by atoms with Crippen LogP contribution in [0.25, 0.3) is 10.9 Å². The van der Waals surface area contributed by atoms with E-state index in [2.05, 4.69) is 62.6 Å². The van der Waals surface area contributed by atoms with Gasteiger partial charge in [-0.05, 0) is 37.3 Å². The van der Waals surface area contributed by atoms with Crippen LogP contribution >= 0.6 is 11.8 Å². The number of hydrogen-bond donors (Lipinski definition) is 2. The van der Waals surface area contributed by atoms with Gasteiger partial charge in [0.25, 0.3) is 0 Å². The van der Waals surface area contributed by atoms with Gasteiger partial charge in [-0.2, -0.15) is 11.8 Å². The number of H-pyrrole nitrogens is 1. The van der Waals surface area contributed by atoms with Gasteiger partial charge in [-0.25, -0.2) is 0 Å². The number of aromatic nitrogens is 1. The molecule has 4 rings (SSSR count). The van der Waals surface area contributed by atoms with Crippen molar-refractivity contribution >= 4 is 34.5 Å². The maximum atomic E-state index is 14.3. The number of carbonyl (C=O) groups is 2. The van der Waals surface area contributed by atoms with Crippen molar-refractivity contribution in [3.05, 3.63) is 36.0 Å². The third kappa shape index (κ3) is 7.33. The van der Waals surface area contributed by atoms with Gasteiger partial charge in [0, 0.05) is 74.9 Å². The Morgan fingerprint density at radius 1 is 1.05 bits per heavy atom. The summed E-state index contributed by atoms with van der Waals surface area (Å²) in [5.74, 6) is 1.49. The number of unbranched alkanes of at least 4 members (excludes halogenated alkanes) is 4. The number of para-hydroxylation sites is 1. The summed E-state index contributed by atoms with van der Waals surface area (Å²) >= 11 is 1.80. The molecule has 0 aliphatic carbocycles. The molecular weight excluding hydrogens is 494 g/mol. The van der Waals surface area contributed by atoms with E-state index in [0.717, 1.165) is 82.8 Å². The van der Waals surface area contributed by atoms with Gasteiger partial charge in [0.1, 0.15) is 0 Å². The summed E-state index contributed by atoms with van der Waals surface area (Å²) in [7, 11) is 0. The summed E-state index contributed by atoms with van der Waals surface area (Å²) in [6, 6.07) is 8.23. The maximum Gasteiger partial charge on any atom is 0.240 e. The molecule has 3 heterocycles. The molecule has 210 valence electrons. The first kappa shape index (κ1) is 29.0. The molecule has 2 atom stereocenters. The molecule has 0 spiro atoms. The Kier molecular flexibility index (Phi) is 11.4. The fraction of sp³-hybridized carbons (Fsp3) is 0.667. The van der Waals surface area contributed by atoms with E-state index in [1.54, 1.807) is 11.8 Å². The second-order valence-corrected chi connectivity index (χ2v) is 11.8. The van der Waals surface area contributed by atoms with Crippen LogP contribution in [0.15, 0.2) is 30.5 Å². The van der Waals surface area contributed by atoms with Gasteiger partial charge in [0.15, 0.2) is 0 Å². The topological polar surface area (TPSA) is 71.7 Å². The van der Waals surface area contributed by atoms with Crippen molar-refractivity contribution < 1.29 is 9.59 Å². The van der Waals surface area contributed by atoms with Crippen molar-refractivity contribution in [2.45, 2.75) is 70.4 Å². The lowest BCUT2D eigenvalue weighted by Crippen LogP contribution is -2.56. The highest BCUT2D eigenvalue weighted by Gasteiger charge is 2.36. The van der Waals surface area contributed by atoms with E-state index in [1.165, 1.54) is 30.2 Å². The van der Waals surface area contributed by atoms with Crippen molar-refractivity contribution in [1.82, 2.24) is 25.0 Å². The number of nitrogens with zero attached hydrogens (tertiary/aromatic N) is 3. The van der Waals surface area contributed by atoms with Gasteiger partial charge >= 0.3 is 0 Å². The molecule has 8 heteroatoms. The Bertz CT molecular complexity index is 1030. The Labute approximate surface area is 233 Å². The van der Waals surface area contributed by atoms with Crippen LogP contribution in [0.4, 0.5) is 0 Å². The number of nitrogens with one attached hydrogen (secondary N) is 2. The minimum atomic E-state index is -0.141. The number of amides is 2. The average Bonchev–Trinajstić information content (AvgIpc) is 3.22. The number of rotatable bonds is 12. The molecule has 38 heavy (non-hydrogen) atoms. The number of hydrogen-bond acceptors (Lipinski definition) is 5. The van der Waals surface area contributed by atoms with Crippen molar-refractivity contribution in [2.24, 2.45) is 0 Å². The normalized spacial score (nSPS) is 20.0. The Hall–Kier alpha value is -2.03. The van der Waals surface area contributed by atoms with Gasteiger partial charge < -0.3 is 20.1 Å². The van der Waals surface area contributed by atoms with E-state index in [9.17, 15) is 9.59 Å². The molecular formula is C30H47N5O2S. The van der Waals surface area contributed by atoms with Crippen molar-refractivity contribution in [3.63, 3.8) is 0 Å². The predicted molar refractivity (Wildman–Crippen MR) is 159 cm³/mol. The lowest BCUT2D eigenvalue weighted by Gasteiger charge is -2.41. The SMILES string of the molecule is CCCCCCCC(=O)N1CCCN([C@H](CCSC)C(=O)N2CCNCC2c2c[nH]c3ccccc23)CC1. The van der Waals surface area contributed by atoms with Crippen LogP contribution in [-0.4, -0.2) is 95.4 Å². The van der Waals surface area contributed by atoms with Crippen LogP contribution in [0.5, 0.6) is 0 Å². The third-order valence-corrected chi connectivity index (χ3v) is 8.85. The van der Waals surface area contributed by atoms with Gasteiger partial charge in [0.05, 0.1) is 12.1 Å². The zero-order valence-corrected chi connectivity index (χ0v) is 24.2. The lowest BCUT2D eigenvalue weighted by atomic mass is 10.0. The standard InChI is InChI=1S/C30H47N5O2S/c1-3-4-5-6-7-13-29(36)34-17-10-16-33(19-20-34)27(14-21-38-2)30(37)35-18-15-31-23-28(35)25-22-32-26-12-9-8-11-24(25)26/h8-9,11-12,22,27-28,31-32H,3-7,10,13-21,23H2,1-2H3/t27-,28?/m1/s1. The highest BCUT2D eigenvalue weighted by atomic mass is 32.2. The van der Waals surface area contributed by atoms with E-state index < -0.39 is 0 Å². The van der Waals surface area contributed by atoms with Crippen molar-refractivity contribution in [3.8, 4) is 0 Å². The molecule has 2 fully saturated rings. The quantitative estimate of drug-likeness (QED) is 0.383. The third-order valence-electron chi connectivity index (χ3n) is 8.21. The Morgan fingerprint density at radius 3 is 2.74 bits per heavy atom. The molecule has 0 saturated carbocycles. The molecule has 2 saturated heterocycles. The van der Waals surface area contributed by atoms with Crippen LogP contribution in [0.2, 0.25) is 0 Å². The molecule has 1 unspecified atom stereocenters. The lowest BCUT2D eigenvalue weighted by molar-refractivity contribution is -0.140. The minimum absolute atomic E-state index is 0.0157. The molecule has 0 bridgehead atoms. The second-order valence-electron chi connectivity index (χ2n) is 10.8. The van der Waals surface area contributed by atoms with E-state index in [0.29, 0.717) is 6.42 Å². The van der Waals surface area contributed by atoms with E-state index >= 15 is 0 Å². The monoisotopic (exact) mass is 541 g/mol. The highest BCUT2D eigenvalue weighted by Crippen LogP contribution is 2.31. The smallest absolute Gasteiger partial charge is 0.240 e. The number of aromatic amines is 1. The van der Waals surface area contributed by atoms with Crippen LogP contribution in [0.3, 0.4) is 0 Å². The summed E-state index contributed by atoms with van der Waals surface area (Å²) in [4.78, 5) is 37.1. The highest BCUT2D eigenvalue weighted by molar-refractivity contribution is 7.98. The largest absolute Gasteiger partial charge is 0.361 e. The molecule has 0 radical (unpaired) electrons. The summed E-state index contributed by atoms with van der Waals surface area (Å²) in [5.41, 5.74) is 2.30. The van der Waals surface area contributed by atoms with Crippen LogP contribution in [0.1, 0.15) is 69.9 Å². The fourth-order valence-corrected chi connectivity index (χ4v) is 6.49. The molecule has 2 aromatic rings. The molecule has 2 aliphatic rings. The number of piperazine rings is 1. The first-order valence-corrected chi connectivity index (χ1v) is 16.1. The molecule has 2 amide bonds. The first-order valence-electron chi connectivity index (χ1n) is 14.7. The number of benzene rings is 1. The second kappa shape index (κ2) is 14.9. The molecule has 2 N–H and O–H groups in total. The van der Waals surface area contributed by atoms with Crippen LogP contribution in [0, 0.1) is 0 Å². The first-order chi connectivity index (χ1) is 18.6. The van der Waals surface area contributed by atoms with E-state index in [4.69, 9.17) is 0 Å². The number of thioether (sulfide) groups is 1. The number of carbonyl (C=O) groups excluding carboxylic acids is 2. The van der Waals surface area contributed by atoms with Crippen LogP contribution < -0.4 is 5.32 Å². The molecule has 1 aromatic heterocycles. The zero-order chi connectivity index (χ0) is 26.7. The van der Waals surface area contributed by atoms with Gasteiger partial charge in [-0.1, -0.05) is 50.8 Å². The van der Waals surface area contributed by atoms with Gasteiger partial charge in [0.2, 0.25) is 11.8 Å².